The Balaban J connectivity index is 2.23. The van der Waals surface area contributed by atoms with Crippen molar-refractivity contribution in [2.45, 2.75) is 83.8 Å². The molecule has 172 valence electrons. The van der Waals surface area contributed by atoms with E-state index in [-0.39, 0.29) is 25.8 Å². The highest BCUT2D eigenvalue weighted by molar-refractivity contribution is 7.85. The SMILES string of the molecule is CCCCCCCCCCCC(=O)OC[C@H](COS(C)(=O)=O)OCc1ccccc1. The van der Waals surface area contributed by atoms with Crippen molar-refractivity contribution < 1.29 is 26.9 Å². The Morgan fingerprint density at radius 2 is 1.50 bits per heavy atom. The Morgan fingerprint density at radius 1 is 0.900 bits per heavy atom. The minimum Gasteiger partial charge on any atom is -0.463 e. The maximum absolute atomic E-state index is 12.0. The number of esters is 1. The lowest BCUT2D eigenvalue weighted by molar-refractivity contribution is -0.149. The molecule has 0 unspecified atom stereocenters. The first-order chi connectivity index (χ1) is 14.4. The molecule has 0 fully saturated rings. The number of hydrogen-bond donors (Lipinski definition) is 0. The van der Waals surface area contributed by atoms with Crippen LogP contribution in [0.4, 0.5) is 0 Å². The zero-order valence-electron chi connectivity index (χ0n) is 18.5. The van der Waals surface area contributed by atoms with Crippen molar-refractivity contribution in [1.82, 2.24) is 0 Å². The minimum absolute atomic E-state index is 0.0292. The molecule has 0 saturated carbocycles. The summed E-state index contributed by atoms with van der Waals surface area (Å²) in [4.78, 5) is 12.0. The molecule has 0 bridgehead atoms. The summed E-state index contributed by atoms with van der Waals surface area (Å²) in [6, 6.07) is 9.51. The monoisotopic (exact) mass is 442 g/mol. The summed E-state index contributed by atoms with van der Waals surface area (Å²) < 4.78 is 38.4. The molecule has 0 aromatic heterocycles. The van der Waals surface area contributed by atoms with E-state index in [1.165, 1.54) is 38.5 Å². The van der Waals surface area contributed by atoms with Crippen LogP contribution in [0.15, 0.2) is 30.3 Å². The van der Waals surface area contributed by atoms with Crippen molar-refractivity contribution in [2.24, 2.45) is 0 Å². The van der Waals surface area contributed by atoms with Gasteiger partial charge in [-0.3, -0.25) is 8.98 Å². The second kappa shape index (κ2) is 16.3. The van der Waals surface area contributed by atoms with Gasteiger partial charge < -0.3 is 9.47 Å². The average molecular weight is 443 g/mol. The largest absolute Gasteiger partial charge is 0.463 e. The third-order valence-corrected chi connectivity index (χ3v) is 5.28. The van der Waals surface area contributed by atoms with Crippen molar-refractivity contribution in [3.05, 3.63) is 35.9 Å². The quantitative estimate of drug-likeness (QED) is 0.181. The normalized spacial score (nSPS) is 12.6. The molecule has 1 aromatic carbocycles. The first kappa shape index (κ1) is 26.6. The van der Waals surface area contributed by atoms with E-state index >= 15 is 0 Å². The van der Waals surface area contributed by atoms with Gasteiger partial charge >= 0.3 is 5.97 Å². The van der Waals surface area contributed by atoms with Crippen LogP contribution in [0.25, 0.3) is 0 Å². The number of unbranched alkanes of at least 4 members (excludes halogenated alkanes) is 8. The fraction of sp³-hybridized carbons (Fsp3) is 0.696. The van der Waals surface area contributed by atoms with Crippen LogP contribution in [0.5, 0.6) is 0 Å². The van der Waals surface area contributed by atoms with Gasteiger partial charge in [0, 0.05) is 6.42 Å². The molecule has 1 rings (SSSR count). The Labute approximate surface area is 182 Å². The summed E-state index contributed by atoms with van der Waals surface area (Å²) in [5, 5.41) is 0. The van der Waals surface area contributed by atoms with E-state index in [0.717, 1.165) is 31.1 Å². The van der Waals surface area contributed by atoms with Gasteiger partial charge in [0.15, 0.2) is 0 Å². The van der Waals surface area contributed by atoms with E-state index in [2.05, 4.69) is 6.92 Å². The van der Waals surface area contributed by atoms with E-state index < -0.39 is 16.2 Å². The van der Waals surface area contributed by atoms with E-state index in [0.29, 0.717) is 6.42 Å². The number of benzene rings is 1. The molecule has 6 nitrogen and oxygen atoms in total. The van der Waals surface area contributed by atoms with Crippen LogP contribution in [0.3, 0.4) is 0 Å². The fourth-order valence-corrected chi connectivity index (χ4v) is 3.37. The van der Waals surface area contributed by atoms with Crippen LogP contribution in [-0.2, 0) is 35.2 Å². The Hall–Kier alpha value is -1.44. The molecule has 0 saturated heterocycles. The lowest BCUT2D eigenvalue weighted by Crippen LogP contribution is -2.28. The molecule has 0 radical (unpaired) electrons. The van der Waals surface area contributed by atoms with Gasteiger partial charge in [-0.2, -0.15) is 8.42 Å². The van der Waals surface area contributed by atoms with Gasteiger partial charge in [-0.05, 0) is 12.0 Å². The predicted molar refractivity (Wildman–Crippen MR) is 119 cm³/mol. The third kappa shape index (κ3) is 15.4. The number of carbonyl (C=O) groups excluding carboxylic acids is 1. The van der Waals surface area contributed by atoms with Crippen molar-refractivity contribution in [3.8, 4) is 0 Å². The average Bonchev–Trinajstić information content (AvgIpc) is 2.72. The molecule has 1 atom stereocenters. The van der Waals surface area contributed by atoms with Gasteiger partial charge in [0.05, 0.1) is 19.5 Å². The standard InChI is InChI=1S/C23H38O6S/c1-3-4-5-6-7-8-9-10-14-17-23(24)28-19-22(20-29-30(2,25)26)27-18-21-15-12-11-13-16-21/h11-13,15-16,22H,3-10,14,17-20H2,1-2H3/t22-/m1/s1. The van der Waals surface area contributed by atoms with Crippen LogP contribution >= 0.6 is 0 Å². The van der Waals surface area contributed by atoms with E-state index in [9.17, 15) is 13.2 Å². The number of rotatable bonds is 18. The molecule has 30 heavy (non-hydrogen) atoms. The predicted octanol–water partition coefficient (Wildman–Crippen LogP) is 5.01. The third-order valence-electron chi connectivity index (χ3n) is 4.71. The summed E-state index contributed by atoms with van der Waals surface area (Å²) in [7, 11) is -3.59. The number of hydrogen-bond acceptors (Lipinski definition) is 6. The summed E-state index contributed by atoms with van der Waals surface area (Å²) in [6.45, 7) is 2.29. The second-order valence-corrected chi connectivity index (χ2v) is 9.31. The topological polar surface area (TPSA) is 78.9 Å². The molecule has 0 aliphatic heterocycles. The maximum Gasteiger partial charge on any atom is 0.305 e. The minimum atomic E-state index is -3.59. The Morgan fingerprint density at radius 3 is 2.10 bits per heavy atom. The smallest absolute Gasteiger partial charge is 0.305 e. The summed E-state index contributed by atoms with van der Waals surface area (Å²) >= 11 is 0. The van der Waals surface area contributed by atoms with Crippen molar-refractivity contribution in [1.29, 1.82) is 0 Å². The number of carbonyl (C=O) groups is 1. The first-order valence-corrected chi connectivity index (χ1v) is 12.9. The van der Waals surface area contributed by atoms with Crippen LogP contribution in [0.1, 0.15) is 76.7 Å². The van der Waals surface area contributed by atoms with Crippen LogP contribution in [0, 0.1) is 0 Å². The van der Waals surface area contributed by atoms with Gasteiger partial charge in [0.25, 0.3) is 10.1 Å². The molecular weight excluding hydrogens is 404 g/mol. The molecule has 0 heterocycles. The van der Waals surface area contributed by atoms with Gasteiger partial charge in [0.1, 0.15) is 12.7 Å². The van der Waals surface area contributed by atoms with Crippen LogP contribution in [0.2, 0.25) is 0 Å². The van der Waals surface area contributed by atoms with Crippen molar-refractivity contribution in [3.63, 3.8) is 0 Å². The fourth-order valence-electron chi connectivity index (χ4n) is 2.97. The molecule has 0 N–H and O–H groups in total. The van der Waals surface area contributed by atoms with E-state index in [1.807, 2.05) is 30.3 Å². The highest BCUT2D eigenvalue weighted by Gasteiger charge is 2.16. The molecule has 0 spiro atoms. The second-order valence-electron chi connectivity index (χ2n) is 7.67. The Kier molecular flexibility index (Phi) is 14.4. The first-order valence-electron chi connectivity index (χ1n) is 11.1. The lowest BCUT2D eigenvalue weighted by atomic mass is 10.1. The highest BCUT2D eigenvalue weighted by atomic mass is 32.2. The lowest BCUT2D eigenvalue weighted by Gasteiger charge is -2.17. The van der Waals surface area contributed by atoms with E-state index in [1.54, 1.807) is 0 Å². The van der Waals surface area contributed by atoms with Crippen LogP contribution in [-0.4, -0.2) is 40.0 Å². The molecule has 0 aliphatic carbocycles. The molecule has 1 aromatic rings. The number of ether oxygens (including phenoxy) is 2. The van der Waals surface area contributed by atoms with Crippen molar-refractivity contribution >= 4 is 16.1 Å². The van der Waals surface area contributed by atoms with Crippen molar-refractivity contribution in [2.75, 3.05) is 19.5 Å². The molecular formula is C23H38O6S. The van der Waals surface area contributed by atoms with Gasteiger partial charge in [-0.1, -0.05) is 88.6 Å². The summed E-state index contributed by atoms with van der Waals surface area (Å²) in [5.41, 5.74) is 0.947. The maximum atomic E-state index is 12.0. The van der Waals surface area contributed by atoms with E-state index in [4.69, 9.17) is 13.7 Å². The van der Waals surface area contributed by atoms with Crippen LogP contribution < -0.4 is 0 Å². The molecule has 0 amide bonds. The summed E-state index contributed by atoms with van der Waals surface area (Å²) in [6.07, 6.45) is 11.4. The van der Waals surface area contributed by atoms with Gasteiger partial charge in [-0.25, -0.2) is 0 Å². The van der Waals surface area contributed by atoms with Gasteiger partial charge in [0.2, 0.25) is 0 Å². The Bertz CT molecular complexity index is 660. The molecule has 0 aliphatic rings. The highest BCUT2D eigenvalue weighted by Crippen LogP contribution is 2.11. The summed E-state index contributed by atoms with van der Waals surface area (Å²) in [5.74, 6) is -0.286. The van der Waals surface area contributed by atoms with Gasteiger partial charge in [-0.15, -0.1) is 0 Å². The molecule has 7 heteroatoms. The zero-order valence-corrected chi connectivity index (χ0v) is 19.3. The zero-order chi connectivity index (χ0) is 22.1.